The number of nitrogens with zero attached hydrogens (tertiary/aromatic N) is 1. The SMILES string of the molecule is CC(Oc1ccc(C#N)cc1)C(=O)NC(CCC(=O)O)Cc1ccccc1. The van der Waals surface area contributed by atoms with Crippen molar-refractivity contribution in [1.82, 2.24) is 5.32 Å². The Morgan fingerprint density at radius 1 is 1.15 bits per heavy atom. The van der Waals surface area contributed by atoms with Crippen molar-refractivity contribution in [2.24, 2.45) is 0 Å². The third kappa shape index (κ3) is 6.83. The maximum absolute atomic E-state index is 12.5. The molecule has 0 bridgehead atoms. The highest BCUT2D eigenvalue weighted by Crippen LogP contribution is 2.14. The smallest absolute Gasteiger partial charge is 0.303 e. The molecular formula is C21H22N2O4. The van der Waals surface area contributed by atoms with Crippen molar-refractivity contribution in [3.05, 3.63) is 65.7 Å². The first-order valence-corrected chi connectivity index (χ1v) is 8.71. The Kier molecular flexibility index (Phi) is 7.38. The zero-order valence-electron chi connectivity index (χ0n) is 15.1. The summed E-state index contributed by atoms with van der Waals surface area (Å²) in [6.07, 6.45) is 0.104. The van der Waals surface area contributed by atoms with Gasteiger partial charge in [-0.3, -0.25) is 9.59 Å². The minimum atomic E-state index is -0.899. The molecule has 6 heteroatoms. The van der Waals surface area contributed by atoms with E-state index in [9.17, 15) is 9.59 Å². The van der Waals surface area contributed by atoms with E-state index in [1.807, 2.05) is 36.4 Å². The lowest BCUT2D eigenvalue weighted by atomic mass is 10.0. The average molecular weight is 366 g/mol. The normalized spacial score (nSPS) is 12.4. The molecule has 0 fully saturated rings. The summed E-state index contributed by atoms with van der Waals surface area (Å²) in [5.41, 5.74) is 1.53. The van der Waals surface area contributed by atoms with Gasteiger partial charge < -0.3 is 15.2 Å². The van der Waals surface area contributed by atoms with Gasteiger partial charge in [0.15, 0.2) is 6.10 Å². The summed E-state index contributed by atoms with van der Waals surface area (Å²) in [6, 6.07) is 17.8. The molecule has 2 N–H and O–H groups in total. The molecular weight excluding hydrogens is 344 g/mol. The number of aliphatic carboxylic acids is 1. The molecule has 27 heavy (non-hydrogen) atoms. The van der Waals surface area contributed by atoms with Crippen molar-refractivity contribution in [3.63, 3.8) is 0 Å². The number of benzene rings is 2. The molecule has 0 saturated heterocycles. The third-order valence-corrected chi connectivity index (χ3v) is 4.04. The Morgan fingerprint density at radius 2 is 1.81 bits per heavy atom. The molecule has 6 nitrogen and oxygen atoms in total. The largest absolute Gasteiger partial charge is 0.481 e. The summed E-state index contributed by atoms with van der Waals surface area (Å²) >= 11 is 0. The molecule has 0 heterocycles. The topological polar surface area (TPSA) is 99.4 Å². The first-order chi connectivity index (χ1) is 13.0. The number of hydrogen-bond acceptors (Lipinski definition) is 4. The number of carboxylic acids is 1. The van der Waals surface area contributed by atoms with Crippen LogP contribution in [0.5, 0.6) is 5.75 Å². The van der Waals surface area contributed by atoms with Gasteiger partial charge in [-0.2, -0.15) is 5.26 Å². The third-order valence-electron chi connectivity index (χ3n) is 4.04. The van der Waals surface area contributed by atoms with Crippen LogP contribution in [0.1, 0.15) is 30.9 Å². The molecule has 2 unspecified atom stereocenters. The molecule has 0 spiro atoms. The molecule has 0 radical (unpaired) electrons. The van der Waals surface area contributed by atoms with Gasteiger partial charge in [0.25, 0.3) is 5.91 Å². The van der Waals surface area contributed by atoms with Gasteiger partial charge in [-0.1, -0.05) is 30.3 Å². The number of carbonyl (C=O) groups excluding carboxylic acids is 1. The Hall–Kier alpha value is -3.33. The molecule has 2 atom stereocenters. The van der Waals surface area contributed by atoms with E-state index >= 15 is 0 Å². The van der Waals surface area contributed by atoms with Gasteiger partial charge in [0, 0.05) is 12.5 Å². The lowest BCUT2D eigenvalue weighted by Crippen LogP contribution is -2.43. The summed E-state index contributed by atoms with van der Waals surface area (Å²) in [7, 11) is 0. The number of nitriles is 1. The maximum Gasteiger partial charge on any atom is 0.303 e. The fourth-order valence-electron chi connectivity index (χ4n) is 2.61. The Balaban J connectivity index is 1.97. The molecule has 2 rings (SSSR count). The van der Waals surface area contributed by atoms with Crippen LogP contribution >= 0.6 is 0 Å². The molecule has 0 aliphatic heterocycles. The Bertz CT molecular complexity index is 797. The lowest BCUT2D eigenvalue weighted by Gasteiger charge is -2.21. The fraction of sp³-hybridized carbons (Fsp3) is 0.286. The maximum atomic E-state index is 12.5. The van der Waals surface area contributed by atoms with Crippen LogP contribution in [0, 0.1) is 11.3 Å². The molecule has 0 aliphatic rings. The zero-order chi connectivity index (χ0) is 19.6. The van der Waals surface area contributed by atoms with Crippen LogP contribution in [0.4, 0.5) is 0 Å². The average Bonchev–Trinajstić information content (AvgIpc) is 2.67. The van der Waals surface area contributed by atoms with E-state index in [0.717, 1.165) is 5.56 Å². The van der Waals surface area contributed by atoms with Gasteiger partial charge in [-0.05, 0) is 49.6 Å². The van der Waals surface area contributed by atoms with Crippen LogP contribution in [-0.2, 0) is 16.0 Å². The van der Waals surface area contributed by atoms with Crippen molar-refractivity contribution in [2.45, 2.75) is 38.3 Å². The lowest BCUT2D eigenvalue weighted by molar-refractivity contribution is -0.137. The van der Waals surface area contributed by atoms with E-state index in [4.69, 9.17) is 15.1 Å². The van der Waals surface area contributed by atoms with Crippen molar-refractivity contribution in [1.29, 1.82) is 5.26 Å². The Labute approximate surface area is 158 Å². The number of carboxylic acid groups (broad SMARTS) is 1. The second-order valence-electron chi connectivity index (χ2n) is 6.22. The van der Waals surface area contributed by atoms with Gasteiger partial charge >= 0.3 is 5.97 Å². The number of hydrogen-bond donors (Lipinski definition) is 2. The van der Waals surface area contributed by atoms with E-state index in [1.165, 1.54) is 0 Å². The summed E-state index contributed by atoms with van der Waals surface area (Å²) in [5.74, 6) is -0.725. The van der Waals surface area contributed by atoms with E-state index in [0.29, 0.717) is 24.2 Å². The van der Waals surface area contributed by atoms with Crippen LogP contribution < -0.4 is 10.1 Å². The van der Waals surface area contributed by atoms with Crippen molar-refractivity contribution in [3.8, 4) is 11.8 Å². The first-order valence-electron chi connectivity index (χ1n) is 8.71. The highest BCUT2D eigenvalue weighted by Gasteiger charge is 2.20. The van der Waals surface area contributed by atoms with Crippen LogP contribution in [0.25, 0.3) is 0 Å². The second-order valence-corrected chi connectivity index (χ2v) is 6.22. The first kappa shape index (κ1) is 20.0. The monoisotopic (exact) mass is 366 g/mol. The number of nitrogens with one attached hydrogen (secondary N) is 1. The van der Waals surface area contributed by atoms with Crippen molar-refractivity contribution < 1.29 is 19.4 Å². The number of ether oxygens (including phenoxy) is 1. The van der Waals surface area contributed by atoms with Crippen LogP contribution in [-0.4, -0.2) is 29.1 Å². The van der Waals surface area contributed by atoms with Crippen LogP contribution in [0.2, 0.25) is 0 Å². The molecule has 0 aromatic heterocycles. The highest BCUT2D eigenvalue weighted by atomic mass is 16.5. The van der Waals surface area contributed by atoms with Gasteiger partial charge in [-0.15, -0.1) is 0 Å². The molecule has 2 aromatic rings. The number of rotatable bonds is 9. The van der Waals surface area contributed by atoms with E-state index in [-0.39, 0.29) is 18.4 Å². The quantitative estimate of drug-likeness (QED) is 0.711. The highest BCUT2D eigenvalue weighted by molar-refractivity contribution is 5.81. The van der Waals surface area contributed by atoms with Gasteiger partial charge in [0.2, 0.25) is 0 Å². The van der Waals surface area contributed by atoms with Gasteiger partial charge in [0.1, 0.15) is 5.75 Å². The van der Waals surface area contributed by atoms with Crippen LogP contribution in [0.3, 0.4) is 0 Å². The minimum absolute atomic E-state index is 0.0252. The summed E-state index contributed by atoms with van der Waals surface area (Å²) in [4.78, 5) is 23.4. The molecule has 0 saturated carbocycles. The summed E-state index contributed by atoms with van der Waals surface area (Å²) in [5, 5.41) is 20.6. The predicted molar refractivity (Wildman–Crippen MR) is 100 cm³/mol. The number of amides is 1. The van der Waals surface area contributed by atoms with E-state index < -0.39 is 12.1 Å². The standard InChI is InChI=1S/C21H22N2O4/c1-15(27-19-10-7-17(14-22)8-11-19)21(26)23-18(9-12-20(24)25)13-16-5-3-2-4-6-16/h2-8,10-11,15,18H,9,12-13H2,1H3,(H,23,26)(H,24,25). The summed E-state index contributed by atoms with van der Waals surface area (Å²) < 4.78 is 5.61. The molecule has 0 aliphatic carbocycles. The van der Waals surface area contributed by atoms with Crippen molar-refractivity contribution >= 4 is 11.9 Å². The second kappa shape index (κ2) is 9.97. The summed E-state index contributed by atoms with van der Waals surface area (Å²) in [6.45, 7) is 1.63. The Morgan fingerprint density at radius 3 is 2.41 bits per heavy atom. The fourth-order valence-corrected chi connectivity index (χ4v) is 2.61. The van der Waals surface area contributed by atoms with E-state index in [2.05, 4.69) is 5.32 Å². The van der Waals surface area contributed by atoms with Gasteiger partial charge in [0.05, 0.1) is 11.6 Å². The molecule has 1 amide bonds. The van der Waals surface area contributed by atoms with Gasteiger partial charge in [-0.25, -0.2) is 0 Å². The zero-order valence-corrected chi connectivity index (χ0v) is 15.1. The van der Waals surface area contributed by atoms with Crippen molar-refractivity contribution in [2.75, 3.05) is 0 Å². The molecule has 2 aromatic carbocycles. The van der Waals surface area contributed by atoms with E-state index in [1.54, 1.807) is 31.2 Å². The predicted octanol–water partition coefficient (Wildman–Crippen LogP) is 2.92. The molecule has 140 valence electrons. The number of carbonyl (C=O) groups is 2. The van der Waals surface area contributed by atoms with Crippen LogP contribution in [0.15, 0.2) is 54.6 Å². The minimum Gasteiger partial charge on any atom is -0.481 e.